The van der Waals surface area contributed by atoms with Crippen LogP contribution in [-0.2, 0) is 10.0 Å². The number of nitrogens with zero attached hydrogens (tertiary/aromatic N) is 1. The zero-order chi connectivity index (χ0) is 16.2. The third-order valence-corrected chi connectivity index (χ3v) is 5.69. The van der Waals surface area contributed by atoms with Gasteiger partial charge in [0.15, 0.2) is 0 Å². The molecule has 0 aliphatic rings. The molecule has 0 amide bonds. The number of hydrogen-bond donors (Lipinski definition) is 3. The van der Waals surface area contributed by atoms with Gasteiger partial charge in [-0.3, -0.25) is 5.84 Å². The van der Waals surface area contributed by atoms with E-state index in [2.05, 4.69) is 5.43 Å². The van der Waals surface area contributed by atoms with E-state index < -0.39 is 10.0 Å². The molecule has 0 saturated heterocycles. The SMILES string of the molecule is Cc1cc(NN)cc(C)c1S(=O)(=O)N(CCCO)C(C)C. The Balaban J connectivity index is 3.34. The molecule has 0 unspecified atom stereocenters. The highest BCUT2D eigenvalue weighted by molar-refractivity contribution is 7.89. The Morgan fingerprint density at radius 2 is 1.81 bits per heavy atom. The van der Waals surface area contributed by atoms with Gasteiger partial charge in [-0.1, -0.05) is 0 Å². The predicted molar refractivity (Wildman–Crippen MR) is 84.5 cm³/mol. The molecule has 4 N–H and O–H groups in total. The Hall–Kier alpha value is -1.15. The third-order valence-electron chi connectivity index (χ3n) is 3.31. The van der Waals surface area contributed by atoms with E-state index in [1.165, 1.54) is 4.31 Å². The summed E-state index contributed by atoms with van der Waals surface area (Å²) in [4.78, 5) is 0.313. The third kappa shape index (κ3) is 3.94. The number of aryl methyl sites for hydroxylation is 2. The Morgan fingerprint density at radius 1 is 1.29 bits per heavy atom. The molecule has 0 aromatic heterocycles. The van der Waals surface area contributed by atoms with Gasteiger partial charge in [-0.25, -0.2) is 8.42 Å². The van der Waals surface area contributed by atoms with Crippen LogP contribution in [0.1, 0.15) is 31.4 Å². The van der Waals surface area contributed by atoms with Crippen LogP contribution < -0.4 is 11.3 Å². The van der Waals surface area contributed by atoms with Gasteiger partial charge in [0.1, 0.15) is 0 Å². The van der Waals surface area contributed by atoms with Gasteiger partial charge in [-0.05, 0) is 57.4 Å². The minimum atomic E-state index is -3.61. The van der Waals surface area contributed by atoms with Crippen LogP contribution in [0.25, 0.3) is 0 Å². The number of anilines is 1. The van der Waals surface area contributed by atoms with Gasteiger partial charge in [-0.15, -0.1) is 0 Å². The zero-order valence-electron chi connectivity index (χ0n) is 13.0. The molecule has 6 nitrogen and oxygen atoms in total. The summed E-state index contributed by atoms with van der Waals surface area (Å²) in [5, 5.41) is 8.97. The molecule has 1 aromatic rings. The number of hydrogen-bond acceptors (Lipinski definition) is 5. The van der Waals surface area contributed by atoms with Crippen molar-refractivity contribution in [3.8, 4) is 0 Å². The second-order valence-electron chi connectivity index (χ2n) is 5.37. The predicted octanol–water partition coefficient (Wildman–Crippen LogP) is 1.37. The first-order valence-corrected chi connectivity index (χ1v) is 8.40. The Labute approximate surface area is 127 Å². The lowest BCUT2D eigenvalue weighted by Gasteiger charge is -2.27. The minimum absolute atomic E-state index is 0.0350. The number of hydrazine groups is 1. The maximum Gasteiger partial charge on any atom is 0.243 e. The number of nitrogens with one attached hydrogen (secondary N) is 1. The van der Waals surface area contributed by atoms with Crippen LogP contribution in [0.15, 0.2) is 17.0 Å². The smallest absolute Gasteiger partial charge is 0.243 e. The lowest BCUT2D eigenvalue weighted by atomic mass is 10.1. The van der Waals surface area contributed by atoms with Gasteiger partial charge in [-0.2, -0.15) is 4.31 Å². The van der Waals surface area contributed by atoms with Crippen molar-refractivity contribution >= 4 is 15.7 Å². The van der Waals surface area contributed by atoms with Gasteiger partial charge in [0.2, 0.25) is 10.0 Å². The van der Waals surface area contributed by atoms with Crippen LogP contribution >= 0.6 is 0 Å². The second kappa shape index (κ2) is 7.22. The van der Waals surface area contributed by atoms with E-state index in [1.54, 1.807) is 26.0 Å². The van der Waals surface area contributed by atoms with E-state index in [-0.39, 0.29) is 12.6 Å². The monoisotopic (exact) mass is 315 g/mol. The highest BCUT2D eigenvalue weighted by Crippen LogP contribution is 2.28. The van der Waals surface area contributed by atoms with Crippen molar-refractivity contribution < 1.29 is 13.5 Å². The van der Waals surface area contributed by atoms with E-state index in [4.69, 9.17) is 10.9 Å². The van der Waals surface area contributed by atoms with Crippen molar-refractivity contribution in [1.29, 1.82) is 0 Å². The van der Waals surface area contributed by atoms with Crippen molar-refractivity contribution in [1.82, 2.24) is 4.31 Å². The maximum absolute atomic E-state index is 12.9. The molecule has 0 aliphatic heterocycles. The molecule has 21 heavy (non-hydrogen) atoms. The van der Waals surface area contributed by atoms with Crippen molar-refractivity contribution in [2.45, 2.75) is 45.1 Å². The highest BCUT2D eigenvalue weighted by Gasteiger charge is 2.29. The van der Waals surface area contributed by atoms with Crippen molar-refractivity contribution in [3.63, 3.8) is 0 Å². The number of aliphatic hydroxyl groups is 1. The van der Waals surface area contributed by atoms with E-state index in [1.807, 2.05) is 13.8 Å². The zero-order valence-corrected chi connectivity index (χ0v) is 13.9. The Kier molecular flexibility index (Phi) is 6.15. The number of sulfonamides is 1. The van der Waals surface area contributed by atoms with Crippen molar-refractivity contribution in [2.75, 3.05) is 18.6 Å². The minimum Gasteiger partial charge on any atom is -0.396 e. The fraction of sp³-hybridized carbons (Fsp3) is 0.571. The van der Waals surface area contributed by atoms with Crippen LogP contribution in [-0.4, -0.2) is 37.0 Å². The van der Waals surface area contributed by atoms with Gasteiger partial charge < -0.3 is 10.5 Å². The van der Waals surface area contributed by atoms with Crippen molar-refractivity contribution in [3.05, 3.63) is 23.3 Å². The molecule has 0 heterocycles. The first kappa shape index (κ1) is 17.9. The number of benzene rings is 1. The van der Waals surface area contributed by atoms with Crippen LogP contribution in [0.5, 0.6) is 0 Å². The van der Waals surface area contributed by atoms with Gasteiger partial charge in [0.25, 0.3) is 0 Å². The molecule has 0 aliphatic carbocycles. The number of nitrogen functional groups attached to an aromatic ring is 1. The van der Waals surface area contributed by atoms with E-state index in [0.717, 1.165) is 0 Å². The average molecular weight is 315 g/mol. The summed E-state index contributed by atoms with van der Waals surface area (Å²) in [6.45, 7) is 7.43. The van der Waals surface area contributed by atoms with Gasteiger partial charge in [0.05, 0.1) is 4.90 Å². The summed E-state index contributed by atoms with van der Waals surface area (Å²) >= 11 is 0. The molecule has 0 bridgehead atoms. The highest BCUT2D eigenvalue weighted by atomic mass is 32.2. The summed E-state index contributed by atoms with van der Waals surface area (Å²) < 4.78 is 27.3. The number of aliphatic hydroxyl groups excluding tert-OH is 1. The molecule has 0 radical (unpaired) electrons. The maximum atomic E-state index is 12.9. The molecule has 7 heteroatoms. The topological polar surface area (TPSA) is 95.7 Å². The summed E-state index contributed by atoms with van der Waals surface area (Å²) in [5.74, 6) is 5.38. The molecular formula is C14H25N3O3S. The normalized spacial score (nSPS) is 12.2. The standard InChI is InChI=1S/C14H25N3O3S/c1-10(2)17(6-5-7-18)21(19,20)14-11(3)8-13(16-15)9-12(14)4/h8-10,16,18H,5-7,15H2,1-4H3. The molecule has 0 spiro atoms. The van der Waals surface area contributed by atoms with E-state index in [9.17, 15) is 8.42 Å². The Morgan fingerprint density at radius 3 is 2.19 bits per heavy atom. The largest absolute Gasteiger partial charge is 0.396 e. The molecule has 0 fully saturated rings. The lowest BCUT2D eigenvalue weighted by molar-refractivity contribution is 0.258. The second-order valence-corrected chi connectivity index (χ2v) is 7.20. The summed E-state index contributed by atoms with van der Waals surface area (Å²) in [7, 11) is -3.61. The first-order chi connectivity index (χ1) is 9.75. The van der Waals surface area contributed by atoms with Crippen molar-refractivity contribution in [2.24, 2.45) is 5.84 Å². The number of rotatable bonds is 7. The molecule has 0 atom stereocenters. The fourth-order valence-corrected chi connectivity index (χ4v) is 4.53. The number of nitrogens with two attached hydrogens (primary N) is 1. The van der Waals surface area contributed by atoms with E-state index in [0.29, 0.717) is 34.7 Å². The molecular weight excluding hydrogens is 290 g/mol. The molecule has 1 rings (SSSR count). The average Bonchev–Trinajstić information content (AvgIpc) is 2.37. The fourth-order valence-electron chi connectivity index (χ4n) is 2.44. The molecule has 120 valence electrons. The summed E-state index contributed by atoms with van der Waals surface area (Å²) in [5.41, 5.74) is 4.51. The molecule has 0 saturated carbocycles. The van der Waals surface area contributed by atoms with E-state index >= 15 is 0 Å². The lowest BCUT2D eigenvalue weighted by Crippen LogP contribution is -2.38. The van der Waals surface area contributed by atoms with Crippen LogP contribution in [0, 0.1) is 13.8 Å². The summed E-state index contributed by atoms with van der Waals surface area (Å²) in [6.07, 6.45) is 0.415. The molecule has 1 aromatic carbocycles. The van der Waals surface area contributed by atoms with Crippen LogP contribution in [0.2, 0.25) is 0 Å². The Bertz CT molecular complexity index is 562. The summed E-state index contributed by atoms with van der Waals surface area (Å²) in [6, 6.07) is 3.25. The van der Waals surface area contributed by atoms with Gasteiger partial charge in [0, 0.05) is 24.9 Å². The quantitative estimate of drug-likeness (QED) is 0.522. The van der Waals surface area contributed by atoms with Gasteiger partial charge >= 0.3 is 0 Å². The first-order valence-electron chi connectivity index (χ1n) is 6.96. The van der Waals surface area contributed by atoms with Crippen LogP contribution in [0.4, 0.5) is 5.69 Å². The van der Waals surface area contributed by atoms with Crippen LogP contribution in [0.3, 0.4) is 0 Å².